The highest BCUT2D eigenvalue weighted by atomic mass is 35.5. The predicted octanol–water partition coefficient (Wildman–Crippen LogP) is 3.80. The molecule has 3 aromatic rings. The fourth-order valence-corrected chi connectivity index (χ4v) is 4.84. The quantitative estimate of drug-likeness (QED) is 0.538. The molecule has 4 rings (SSSR count). The van der Waals surface area contributed by atoms with Gasteiger partial charge in [-0.25, -0.2) is 23.5 Å². The first kappa shape index (κ1) is 25.0. The lowest BCUT2D eigenvalue weighted by molar-refractivity contribution is -0.137. The van der Waals surface area contributed by atoms with E-state index in [1.54, 1.807) is 18.2 Å². The van der Waals surface area contributed by atoms with E-state index in [4.69, 9.17) is 21.5 Å². The second kappa shape index (κ2) is 9.51. The molecule has 0 spiro atoms. The minimum atomic E-state index is -4.64. The molecule has 35 heavy (non-hydrogen) atoms. The second-order valence-electron chi connectivity index (χ2n) is 7.78. The molecule has 0 unspecified atom stereocenters. The summed E-state index contributed by atoms with van der Waals surface area (Å²) in [7, 11) is -2.61. The van der Waals surface area contributed by atoms with Crippen molar-refractivity contribution >= 4 is 33.1 Å². The van der Waals surface area contributed by atoms with E-state index in [2.05, 4.69) is 9.97 Å². The molecule has 2 N–H and O–H groups in total. The van der Waals surface area contributed by atoms with E-state index in [-0.39, 0.29) is 21.2 Å². The van der Waals surface area contributed by atoms with Crippen molar-refractivity contribution < 1.29 is 26.3 Å². The number of benzene rings is 1. The molecular formula is C22H21ClF3N5O3S. The zero-order valence-electron chi connectivity index (χ0n) is 18.5. The number of pyridine rings is 2. The van der Waals surface area contributed by atoms with Crippen molar-refractivity contribution in [1.82, 2.24) is 9.97 Å². The number of anilines is 2. The number of rotatable bonds is 5. The molecule has 0 aliphatic carbocycles. The molecule has 0 atom stereocenters. The van der Waals surface area contributed by atoms with Crippen LogP contribution in [0.2, 0.25) is 5.02 Å². The summed E-state index contributed by atoms with van der Waals surface area (Å²) in [4.78, 5) is 11.6. The zero-order chi connectivity index (χ0) is 25.4. The first-order chi connectivity index (χ1) is 16.5. The molecule has 8 nitrogen and oxygen atoms in total. The molecule has 2 aromatic heterocycles. The maximum Gasteiger partial charge on any atom is 0.418 e. The van der Waals surface area contributed by atoms with Crippen molar-refractivity contribution in [3.8, 4) is 16.9 Å². The van der Waals surface area contributed by atoms with E-state index in [0.29, 0.717) is 43.4 Å². The maximum absolute atomic E-state index is 13.8. The van der Waals surface area contributed by atoms with Gasteiger partial charge in [0, 0.05) is 54.7 Å². The molecule has 1 aliphatic heterocycles. The number of piperazine rings is 1. The number of methoxy groups -OCH3 is 1. The lowest BCUT2D eigenvalue weighted by Crippen LogP contribution is -2.47. The van der Waals surface area contributed by atoms with Crippen LogP contribution in [-0.4, -0.2) is 51.7 Å². The van der Waals surface area contributed by atoms with Gasteiger partial charge >= 0.3 is 6.18 Å². The van der Waals surface area contributed by atoms with E-state index in [1.165, 1.54) is 31.5 Å². The Morgan fingerprint density at radius 3 is 2.34 bits per heavy atom. The van der Waals surface area contributed by atoms with E-state index < -0.39 is 21.8 Å². The molecule has 0 amide bonds. The number of ether oxygens (including phenoxy) is 1. The topological polar surface area (TPSA) is 102 Å². The van der Waals surface area contributed by atoms with Crippen LogP contribution in [0.15, 0.2) is 53.8 Å². The molecule has 1 aliphatic rings. The summed E-state index contributed by atoms with van der Waals surface area (Å²) in [6.45, 7) is 1.52. The minimum Gasteiger partial charge on any atom is -0.497 e. The zero-order valence-corrected chi connectivity index (χ0v) is 20.0. The molecule has 186 valence electrons. The molecule has 1 saturated heterocycles. The number of primary sulfonamides is 1. The van der Waals surface area contributed by atoms with Crippen LogP contribution >= 0.6 is 11.6 Å². The molecular weight excluding hydrogens is 507 g/mol. The normalized spacial score (nSPS) is 14.8. The van der Waals surface area contributed by atoms with Gasteiger partial charge in [-0.3, -0.25) is 0 Å². The van der Waals surface area contributed by atoms with Crippen LogP contribution < -0.4 is 19.7 Å². The van der Waals surface area contributed by atoms with Gasteiger partial charge in [0.2, 0.25) is 0 Å². The van der Waals surface area contributed by atoms with E-state index in [0.717, 1.165) is 6.20 Å². The van der Waals surface area contributed by atoms with Crippen LogP contribution in [-0.2, 0) is 16.2 Å². The molecule has 0 radical (unpaired) electrons. The highest BCUT2D eigenvalue weighted by molar-refractivity contribution is 7.89. The monoisotopic (exact) mass is 527 g/mol. The molecule has 1 fully saturated rings. The van der Waals surface area contributed by atoms with Crippen molar-refractivity contribution in [2.45, 2.75) is 11.2 Å². The highest BCUT2D eigenvalue weighted by Crippen LogP contribution is 2.41. The second-order valence-corrected chi connectivity index (χ2v) is 9.66. The van der Waals surface area contributed by atoms with Gasteiger partial charge in [-0.2, -0.15) is 13.2 Å². The summed E-state index contributed by atoms with van der Waals surface area (Å²) in [6, 6.07) is 9.07. The van der Waals surface area contributed by atoms with Gasteiger partial charge in [0.05, 0.1) is 18.4 Å². The van der Waals surface area contributed by atoms with Crippen LogP contribution in [0.4, 0.5) is 24.7 Å². The molecule has 13 heteroatoms. The van der Waals surface area contributed by atoms with Gasteiger partial charge in [-0.1, -0.05) is 11.6 Å². The Bertz CT molecular complexity index is 1350. The van der Waals surface area contributed by atoms with Crippen LogP contribution in [0.3, 0.4) is 0 Å². The Labute approximate surface area is 205 Å². The summed E-state index contributed by atoms with van der Waals surface area (Å²) in [5.74, 6) is 0.705. The van der Waals surface area contributed by atoms with E-state index in [1.807, 2.05) is 9.80 Å². The van der Waals surface area contributed by atoms with Crippen molar-refractivity contribution in [2.24, 2.45) is 5.14 Å². The Hall–Kier alpha value is -3.09. The van der Waals surface area contributed by atoms with Gasteiger partial charge in [-0.15, -0.1) is 0 Å². The Morgan fingerprint density at radius 1 is 1.03 bits per heavy atom. The first-order valence-corrected chi connectivity index (χ1v) is 12.3. The average Bonchev–Trinajstić information content (AvgIpc) is 2.83. The summed E-state index contributed by atoms with van der Waals surface area (Å²) in [5, 5.41) is 5.21. The Kier molecular flexibility index (Phi) is 6.80. The fraction of sp³-hybridized carbons (Fsp3) is 0.273. The molecule has 1 aromatic carbocycles. The standard InChI is InChI=1S/C22H21ClF3N5O3S/c1-34-14-4-5-18(23)16(11-14)15-12-20(29-13-17(15)22(24,25)26)31-9-7-30(8-10-31)19-3-2-6-28-21(19)35(27,32)33/h2-6,11-13H,7-10H2,1H3,(H2,27,32,33). The minimum absolute atomic E-state index is 0.113. The number of sulfonamides is 1. The number of halogens is 4. The predicted molar refractivity (Wildman–Crippen MR) is 126 cm³/mol. The van der Waals surface area contributed by atoms with Crippen LogP contribution in [0.5, 0.6) is 5.75 Å². The smallest absolute Gasteiger partial charge is 0.418 e. The third-order valence-electron chi connectivity index (χ3n) is 5.62. The maximum atomic E-state index is 13.8. The lowest BCUT2D eigenvalue weighted by atomic mass is 10.0. The molecule has 3 heterocycles. The largest absolute Gasteiger partial charge is 0.497 e. The van der Waals surface area contributed by atoms with E-state index >= 15 is 0 Å². The van der Waals surface area contributed by atoms with Gasteiger partial charge in [0.1, 0.15) is 11.6 Å². The molecule has 0 saturated carbocycles. The summed E-state index contributed by atoms with van der Waals surface area (Å²) < 4.78 is 70.3. The van der Waals surface area contributed by atoms with Gasteiger partial charge < -0.3 is 14.5 Å². The third kappa shape index (κ3) is 5.29. The van der Waals surface area contributed by atoms with Crippen LogP contribution in [0.25, 0.3) is 11.1 Å². The van der Waals surface area contributed by atoms with Gasteiger partial charge in [0.25, 0.3) is 10.0 Å². The van der Waals surface area contributed by atoms with Crippen molar-refractivity contribution in [1.29, 1.82) is 0 Å². The van der Waals surface area contributed by atoms with E-state index in [9.17, 15) is 21.6 Å². The number of hydrogen-bond donors (Lipinski definition) is 1. The number of alkyl halides is 3. The fourth-order valence-electron chi connectivity index (χ4n) is 3.92. The first-order valence-electron chi connectivity index (χ1n) is 10.4. The number of hydrogen-bond acceptors (Lipinski definition) is 7. The van der Waals surface area contributed by atoms with Crippen molar-refractivity contribution in [3.63, 3.8) is 0 Å². The lowest BCUT2D eigenvalue weighted by Gasteiger charge is -2.37. The van der Waals surface area contributed by atoms with Gasteiger partial charge in [-0.05, 0) is 36.4 Å². The van der Waals surface area contributed by atoms with Crippen molar-refractivity contribution in [3.05, 3.63) is 59.4 Å². The number of nitrogens with two attached hydrogens (primary N) is 1. The van der Waals surface area contributed by atoms with Crippen molar-refractivity contribution in [2.75, 3.05) is 43.1 Å². The Morgan fingerprint density at radius 2 is 1.71 bits per heavy atom. The molecule has 0 bridgehead atoms. The summed E-state index contributed by atoms with van der Waals surface area (Å²) in [5.41, 5.74) is -0.478. The SMILES string of the molecule is COc1ccc(Cl)c(-c2cc(N3CCN(c4cccnc4S(N)(=O)=O)CC3)ncc2C(F)(F)F)c1. The highest BCUT2D eigenvalue weighted by Gasteiger charge is 2.35. The summed E-state index contributed by atoms with van der Waals surface area (Å²) >= 11 is 6.26. The Balaban J connectivity index is 1.65. The van der Waals surface area contributed by atoms with Crippen LogP contribution in [0, 0.1) is 0 Å². The third-order valence-corrected chi connectivity index (χ3v) is 6.81. The van der Waals surface area contributed by atoms with Gasteiger partial charge in [0.15, 0.2) is 5.03 Å². The number of nitrogens with zero attached hydrogens (tertiary/aromatic N) is 4. The number of aromatic nitrogens is 2. The van der Waals surface area contributed by atoms with Crippen LogP contribution in [0.1, 0.15) is 5.56 Å². The summed E-state index contributed by atoms with van der Waals surface area (Å²) in [6.07, 6.45) is -2.50. The average molecular weight is 528 g/mol.